The quantitative estimate of drug-likeness (QED) is 0.696. The summed E-state index contributed by atoms with van der Waals surface area (Å²) in [4.78, 5) is 13.6. The summed E-state index contributed by atoms with van der Waals surface area (Å²) in [5.74, 6) is -4.05. The molecule has 1 saturated carbocycles. The molecule has 3 fully saturated rings. The van der Waals surface area contributed by atoms with Crippen LogP contribution in [0.2, 0.25) is 0 Å². The van der Waals surface area contributed by atoms with E-state index in [-0.39, 0.29) is 24.4 Å². The van der Waals surface area contributed by atoms with Gasteiger partial charge in [-0.2, -0.15) is 0 Å². The summed E-state index contributed by atoms with van der Waals surface area (Å²) >= 11 is 0. The Morgan fingerprint density at radius 1 is 1.27 bits per heavy atom. The van der Waals surface area contributed by atoms with Crippen molar-refractivity contribution in [3.8, 4) is 0 Å². The minimum Gasteiger partial charge on any atom is -0.334 e. The summed E-state index contributed by atoms with van der Waals surface area (Å²) in [6, 6.07) is 0.320. The van der Waals surface area contributed by atoms with E-state index in [9.17, 15) is 13.6 Å². The van der Waals surface area contributed by atoms with Crippen molar-refractivity contribution in [3.63, 3.8) is 0 Å². The molecule has 1 amide bonds. The minimum absolute atomic E-state index is 0.160. The molecule has 84 valence electrons. The smallest absolute Gasteiger partial charge is 0.260 e. The molecule has 0 aromatic heterocycles. The van der Waals surface area contributed by atoms with Crippen molar-refractivity contribution < 1.29 is 13.6 Å². The van der Waals surface area contributed by atoms with Crippen LogP contribution in [0.15, 0.2) is 0 Å². The number of fused-ring (bicyclic) bond motifs is 2. The topological polar surface area (TPSA) is 32.3 Å². The molecule has 2 aliphatic heterocycles. The number of halogens is 2. The Morgan fingerprint density at radius 3 is 2.27 bits per heavy atom. The van der Waals surface area contributed by atoms with E-state index in [2.05, 4.69) is 5.32 Å². The van der Waals surface area contributed by atoms with Gasteiger partial charge in [0.1, 0.15) is 5.92 Å². The van der Waals surface area contributed by atoms with Crippen molar-refractivity contribution in [3.05, 3.63) is 0 Å². The summed E-state index contributed by atoms with van der Waals surface area (Å²) in [5.41, 5.74) is 0. The molecule has 0 spiro atoms. The highest BCUT2D eigenvalue weighted by Gasteiger charge is 2.63. The van der Waals surface area contributed by atoms with Gasteiger partial charge in [0.25, 0.3) is 5.92 Å². The highest BCUT2D eigenvalue weighted by atomic mass is 19.3. The number of piperazine rings is 1. The molecule has 1 N–H and O–H groups in total. The second-order valence-electron chi connectivity index (χ2n) is 4.81. The molecule has 3 unspecified atom stereocenters. The molecule has 0 aromatic rings. The van der Waals surface area contributed by atoms with Crippen molar-refractivity contribution in [1.82, 2.24) is 10.2 Å². The third-order valence-electron chi connectivity index (χ3n) is 3.76. The Balaban J connectivity index is 1.75. The van der Waals surface area contributed by atoms with E-state index in [4.69, 9.17) is 0 Å². The third kappa shape index (κ3) is 1.36. The fourth-order valence-corrected chi connectivity index (χ4v) is 2.80. The second-order valence-corrected chi connectivity index (χ2v) is 4.81. The maximum atomic E-state index is 12.8. The number of alkyl halides is 2. The Morgan fingerprint density at radius 2 is 1.80 bits per heavy atom. The van der Waals surface area contributed by atoms with Crippen molar-refractivity contribution >= 4 is 5.91 Å². The van der Waals surface area contributed by atoms with Crippen molar-refractivity contribution in [2.45, 2.75) is 37.3 Å². The molecule has 0 aromatic carbocycles. The number of rotatable bonds is 1. The zero-order valence-electron chi connectivity index (χ0n) is 8.38. The van der Waals surface area contributed by atoms with Crippen LogP contribution < -0.4 is 5.32 Å². The maximum Gasteiger partial charge on any atom is 0.260 e. The van der Waals surface area contributed by atoms with Crippen LogP contribution >= 0.6 is 0 Å². The highest BCUT2D eigenvalue weighted by Crippen LogP contribution is 2.50. The Labute approximate surface area is 86.8 Å². The molecule has 15 heavy (non-hydrogen) atoms. The van der Waals surface area contributed by atoms with E-state index < -0.39 is 11.8 Å². The lowest BCUT2D eigenvalue weighted by atomic mass is 10.2. The molecular weight excluding hydrogens is 202 g/mol. The Kier molecular flexibility index (Phi) is 1.84. The largest absolute Gasteiger partial charge is 0.334 e. The Hall–Kier alpha value is -0.710. The first-order valence-corrected chi connectivity index (χ1v) is 5.50. The van der Waals surface area contributed by atoms with Crippen molar-refractivity contribution in [1.29, 1.82) is 0 Å². The lowest BCUT2D eigenvalue weighted by Gasteiger charge is -2.35. The van der Waals surface area contributed by atoms with Crippen LogP contribution in [0, 0.1) is 5.92 Å². The fourth-order valence-electron chi connectivity index (χ4n) is 2.80. The average Bonchev–Trinajstić information content (AvgIpc) is 2.76. The Bertz CT molecular complexity index is 292. The third-order valence-corrected chi connectivity index (χ3v) is 3.76. The number of hydrogen-bond acceptors (Lipinski definition) is 2. The van der Waals surface area contributed by atoms with Gasteiger partial charge in [0.2, 0.25) is 5.91 Å². The van der Waals surface area contributed by atoms with Gasteiger partial charge in [0, 0.05) is 31.6 Å². The summed E-state index contributed by atoms with van der Waals surface area (Å²) in [5, 5.41) is 3.23. The van der Waals surface area contributed by atoms with Crippen LogP contribution in [0.4, 0.5) is 8.78 Å². The zero-order valence-corrected chi connectivity index (χ0v) is 8.38. The molecule has 2 saturated heterocycles. The van der Waals surface area contributed by atoms with Crippen LogP contribution in [-0.4, -0.2) is 41.9 Å². The van der Waals surface area contributed by atoms with Gasteiger partial charge in [-0.15, -0.1) is 0 Å². The van der Waals surface area contributed by atoms with Gasteiger partial charge >= 0.3 is 0 Å². The molecule has 2 bridgehead atoms. The predicted octanol–water partition coefficient (Wildman–Crippen LogP) is 0.604. The first-order chi connectivity index (χ1) is 7.09. The average molecular weight is 216 g/mol. The van der Waals surface area contributed by atoms with Gasteiger partial charge in [-0.05, 0) is 12.8 Å². The van der Waals surface area contributed by atoms with Gasteiger partial charge in [-0.1, -0.05) is 0 Å². The molecule has 3 aliphatic rings. The molecule has 3 nitrogen and oxygen atoms in total. The van der Waals surface area contributed by atoms with Gasteiger partial charge < -0.3 is 10.2 Å². The standard InChI is InChI=1S/C10H14F2N2O/c11-10(12)3-8(10)9(15)14-6-1-2-7(14)5-13-4-6/h6-8,13H,1-5H2. The summed E-state index contributed by atoms with van der Waals surface area (Å²) in [6.07, 6.45) is 1.68. The summed E-state index contributed by atoms with van der Waals surface area (Å²) in [7, 11) is 0. The first-order valence-electron chi connectivity index (χ1n) is 5.50. The molecule has 3 rings (SSSR count). The van der Waals surface area contributed by atoms with E-state index in [0.717, 1.165) is 25.9 Å². The maximum absolute atomic E-state index is 12.8. The predicted molar refractivity (Wildman–Crippen MR) is 49.6 cm³/mol. The van der Waals surface area contributed by atoms with E-state index in [1.165, 1.54) is 0 Å². The molecular formula is C10H14F2N2O. The number of nitrogens with one attached hydrogen (secondary N) is 1. The fraction of sp³-hybridized carbons (Fsp3) is 0.900. The van der Waals surface area contributed by atoms with Gasteiger partial charge in [0.05, 0.1) is 0 Å². The number of carbonyl (C=O) groups is 1. The summed E-state index contributed by atoms with van der Waals surface area (Å²) in [6.45, 7) is 1.53. The molecule has 3 atom stereocenters. The van der Waals surface area contributed by atoms with E-state index in [1.807, 2.05) is 0 Å². The number of nitrogens with zero attached hydrogens (tertiary/aromatic N) is 1. The van der Waals surface area contributed by atoms with Crippen molar-refractivity contribution in [2.75, 3.05) is 13.1 Å². The molecule has 2 heterocycles. The number of amides is 1. The van der Waals surface area contributed by atoms with Gasteiger partial charge in [0.15, 0.2) is 0 Å². The van der Waals surface area contributed by atoms with E-state index >= 15 is 0 Å². The summed E-state index contributed by atoms with van der Waals surface area (Å²) < 4.78 is 25.6. The zero-order chi connectivity index (χ0) is 10.6. The van der Waals surface area contributed by atoms with Crippen LogP contribution in [-0.2, 0) is 4.79 Å². The lowest BCUT2D eigenvalue weighted by molar-refractivity contribution is -0.138. The second kappa shape index (κ2) is 2.90. The minimum atomic E-state index is -2.72. The highest BCUT2D eigenvalue weighted by molar-refractivity contribution is 5.84. The SMILES string of the molecule is O=C(C1CC1(F)F)N1C2CCC1CNC2. The van der Waals surface area contributed by atoms with E-state index in [1.54, 1.807) is 4.90 Å². The molecule has 5 heteroatoms. The van der Waals surface area contributed by atoms with Crippen LogP contribution in [0.25, 0.3) is 0 Å². The lowest BCUT2D eigenvalue weighted by Crippen LogP contribution is -2.54. The monoisotopic (exact) mass is 216 g/mol. The van der Waals surface area contributed by atoms with E-state index in [0.29, 0.717) is 0 Å². The normalized spacial score (nSPS) is 41.7. The van der Waals surface area contributed by atoms with Crippen LogP contribution in [0.3, 0.4) is 0 Å². The van der Waals surface area contributed by atoms with Crippen LogP contribution in [0.5, 0.6) is 0 Å². The number of hydrogen-bond donors (Lipinski definition) is 1. The van der Waals surface area contributed by atoms with Gasteiger partial charge in [-0.3, -0.25) is 4.79 Å². The van der Waals surface area contributed by atoms with Crippen molar-refractivity contribution in [2.24, 2.45) is 5.92 Å². The van der Waals surface area contributed by atoms with Gasteiger partial charge in [-0.25, -0.2) is 8.78 Å². The first kappa shape index (κ1) is 9.51. The number of carbonyl (C=O) groups excluding carboxylic acids is 1. The van der Waals surface area contributed by atoms with Crippen LogP contribution in [0.1, 0.15) is 19.3 Å². The molecule has 1 aliphatic carbocycles. The molecule has 0 radical (unpaired) electrons.